The van der Waals surface area contributed by atoms with Crippen molar-refractivity contribution in [1.29, 1.82) is 0 Å². The van der Waals surface area contributed by atoms with E-state index in [4.69, 9.17) is 9.47 Å². The van der Waals surface area contributed by atoms with Crippen LogP contribution in [0.3, 0.4) is 0 Å². The van der Waals surface area contributed by atoms with Crippen LogP contribution < -0.4 is 0 Å². The molecule has 2 bridgehead atoms. The molecule has 3 aliphatic heterocycles. The van der Waals surface area contributed by atoms with E-state index in [-0.39, 0.29) is 31.6 Å². The fourth-order valence-corrected chi connectivity index (χ4v) is 6.43. The Kier molecular flexibility index (Phi) is 7.66. The number of nitrogens with zero attached hydrogens (tertiary/aromatic N) is 2. The number of carbonyl (C=O) groups excluding carboxylic acids is 3. The number of amides is 2. The third-order valence-electron chi connectivity index (χ3n) is 7.95. The van der Waals surface area contributed by atoms with Gasteiger partial charge in [0.2, 0.25) is 11.8 Å². The Morgan fingerprint density at radius 2 is 2.00 bits per heavy atom. The lowest BCUT2D eigenvalue weighted by atomic mass is 9.65. The summed E-state index contributed by atoms with van der Waals surface area (Å²) in [6, 6.07) is 8.75. The molecule has 36 heavy (non-hydrogen) atoms. The van der Waals surface area contributed by atoms with Crippen molar-refractivity contribution in [3.63, 3.8) is 0 Å². The Labute approximate surface area is 212 Å². The number of rotatable bonds is 12. The SMILES string of the molecule is C=CCOC(=O)[C@H]1[C@H]2C(=O)N(CCCO)C(C(=O)N(CC=C)Cc3ccccc3)C23CC[C@]1(CC)O3. The van der Waals surface area contributed by atoms with Crippen molar-refractivity contribution in [2.24, 2.45) is 11.8 Å². The number of carbonyl (C=O) groups is 3. The predicted octanol–water partition coefficient (Wildman–Crippen LogP) is 2.47. The molecule has 0 aromatic heterocycles. The molecule has 0 aliphatic carbocycles. The molecule has 3 aliphatic rings. The number of ether oxygens (including phenoxy) is 2. The van der Waals surface area contributed by atoms with Crippen LogP contribution in [0.2, 0.25) is 0 Å². The van der Waals surface area contributed by atoms with E-state index < -0.39 is 35.0 Å². The van der Waals surface area contributed by atoms with Gasteiger partial charge in [0, 0.05) is 26.2 Å². The molecule has 8 nitrogen and oxygen atoms in total. The van der Waals surface area contributed by atoms with Crippen LogP contribution in [0, 0.1) is 11.8 Å². The van der Waals surface area contributed by atoms with Crippen LogP contribution in [0.4, 0.5) is 0 Å². The number of aliphatic hydroxyl groups is 1. The standard InChI is InChI=1S/C28H36N2O6/c1-4-15-29(19-20-11-8-7-9-12-20)25(33)23-28-14-13-27(6-3,36-28)22(26(34)35-18-5-2)21(28)24(32)30(23)16-10-17-31/h4-5,7-9,11-12,21-23,31H,1-2,6,10,13-19H2,3H3/t21-,22+,23?,27-,28?/m0/s1. The number of fused-ring (bicyclic) bond motifs is 1. The first-order valence-electron chi connectivity index (χ1n) is 12.7. The zero-order valence-corrected chi connectivity index (χ0v) is 20.9. The Balaban J connectivity index is 1.74. The summed E-state index contributed by atoms with van der Waals surface area (Å²) >= 11 is 0. The minimum Gasteiger partial charge on any atom is -0.461 e. The highest BCUT2D eigenvalue weighted by Gasteiger charge is 2.79. The molecular formula is C28H36N2O6. The van der Waals surface area contributed by atoms with Crippen LogP contribution >= 0.6 is 0 Å². The summed E-state index contributed by atoms with van der Waals surface area (Å²) in [7, 11) is 0. The molecule has 194 valence electrons. The van der Waals surface area contributed by atoms with Gasteiger partial charge in [0.15, 0.2) is 0 Å². The molecular weight excluding hydrogens is 460 g/mol. The van der Waals surface area contributed by atoms with E-state index in [9.17, 15) is 19.5 Å². The molecule has 1 N–H and O–H groups in total. The number of esters is 1. The molecule has 3 heterocycles. The summed E-state index contributed by atoms with van der Waals surface area (Å²) in [6.07, 6.45) is 5.09. The van der Waals surface area contributed by atoms with Gasteiger partial charge in [-0.3, -0.25) is 14.4 Å². The van der Waals surface area contributed by atoms with Gasteiger partial charge in [-0.15, -0.1) is 6.58 Å². The maximum absolute atomic E-state index is 14.2. The molecule has 8 heteroatoms. The first-order valence-corrected chi connectivity index (χ1v) is 12.7. The highest BCUT2D eigenvalue weighted by atomic mass is 16.6. The third-order valence-corrected chi connectivity index (χ3v) is 7.95. The summed E-state index contributed by atoms with van der Waals surface area (Å²) < 4.78 is 12.1. The molecule has 3 fully saturated rings. The van der Waals surface area contributed by atoms with Crippen LogP contribution in [0.1, 0.15) is 38.2 Å². The molecule has 4 rings (SSSR count). The average Bonchev–Trinajstić information content (AvgIpc) is 3.49. The van der Waals surface area contributed by atoms with E-state index in [1.54, 1.807) is 11.0 Å². The number of likely N-dealkylation sites (tertiary alicyclic amines) is 1. The maximum atomic E-state index is 14.2. The highest BCUT2D eigenvalue weighted by molar-refractivity contribution is 5.98. The number of hydrogen-bond acceptors (Lipinski definition) is 6. The highest BCUT2D eigenvalue weighted by Crippen LogP contribution is 2.64. The first kappa shape index (κ1) is 26.1. The second-order valence-corrected chi connectivity index (χ2v) is 9.85. The van der Waals surface area contributed by atoms with Crippen molar-refractivity contribution in [2.45, 2.75) is 56.4 Å². The smallest absolute Gasteiger partial charge is 0.313 e. The minimum atomic E-state index is -1.12. The fourth-order valence-electron chi connectivity index (χ4n) is 6.43. The van der Waals surface area contributed by atoms with Gasteiger partial charge in [-0.05, 0) is 31.2 Å². The normalized spacial score (nSPS) is 30.2. The number of hydrogen-bond donors (Lipinski definition) is 1. The summed E-state index contributed by atoms with van der Waals surface area (Å²) in [5, 5.41) is 9.51. The first-order chi connectivity index (χ1) is 17.4. The Morgan fingerprint density at radius 3 is 2.64 bits per heavy atom. The van der Waals surface area contributed by atoms with Gasteiger partial charge in [-0.1, -0.05) is 56.0 Å². The molecule has 0 saturated carbocycles. The van der Waals surface area contributed by atoms with Crippen molar-refractivity contribution >= 4 is 17.8 Å². The summed E-state index contributed by atoms with van der Waals surface area (Å²) in [6.45, 7) is 10.2. The van der Waals surface area contributed by atoms with Crippen molar-refractivity contribution in [3.8, 4) is 0 Å². The van der Waals surface area contributed by atoms with Crippen LogP contribution in [-0.4, -0.2) is 76.2 Å². The van der Waals surface area contributed by atoms with E-state index >= 15 is 0 Å². The van der Waals surface area contributed by atoms with E-state index in [0.29, 0.717) is 38.8 Å². The van der Waals surface area contributed by atoms with E-state index in [0.717, 1.165) is 5.56 Å². The summed E-state index contributed by atoms with van der Waals surface area (Å²) in [5.74, 6) is -2.60. The summed E-state index contributed by atoms with van der Waals surface area (Å²) in [5.41, 5.74) is -1.00. The van der Waals surface area contributed by atoms with Gasteiger partial charge in [0.1, 0.15) is 24.2 Å². The Bertz CT molecular complexity index is 1010. The number of benzene rings is 1. The Hall–Kier alpha value is -2.97. The average molecular weight is 497 g/mol. The van der Waals surface area contributed by atoms with Gasteiger partial charge >= 0.3 is 5.97 Å². The van der Waals surface area contributed by atoms with Gasteiger partial charge in [-0.2, -0.15) is 0 Å². The fraction of sp³-hybridized carbons (Fsp3) is 0.536. The van der Waals surface area contributed by atoms with Crippen LogP contribution in [-0.2, 0) is 30.4 Å². The van der Waals surface area contributed by atoms with E-state index in [2.05, 4.69) is 13.2 Å². The van der Waals surface area contributed by atoms with E-state index in [1.165, 1.54) is 11.0 Å². The topological polar surface area (TPSA) is 96.4 Å². The van der Waals surface area contributed by atoms with Crippen molar-refractivity contribution in [3.05, 3.63) is 61.2 Å². The summed E-state index contributed by atoms with van der Waals surface area (Å²) in [4.78, 5) is 44.6. The van der Waals surface area contributed by atoms with Crippen molar-refractivity contribution < 1.29 is 29.0 Å². The van der Waals surface area contributed by atoms with Crippen LogP contribution in [0.25, 0.3) is 0 Å². The monoisotopic (exact) mass is 496 g/mol. The van der Waals surface area contributed by atoms with Crippen molar-refractivity contribution in [1.82, 2.24) is 9.80 Å². The zero-order chi connectivity index (χ0) is 25.9. The molecule has 1 aromatic carbocycles. The molecule has 5 atom stereocenters. The molecule has 2 amide bonds. The molecule has 3 saturated heterocycles. The molecule has 1 aromatic rings. The van der Waals surface area contributed by atoms with Gasteiger partial charge in [0.05, 0.1) is 11.5 Å². The lowest BCUT2D eigenvalue weighted by Crippen LogP contribution is -2.56. The predicted molar refractivity (Wildman–Crippen MR) is 133 cm³/mol. The third kappa shape index (κ3) is 4.16. The van der Waals surface area contributed by atoms with Crippen molar-refractivity contribution in [2.75, 3.05) is 26.3 Å². The lowest BCUT2D eigenvalue weighted by Gasteiger charge is -2.37. The van der Waals surface area contributed by atoms with Gasteiger partial charge in [0.25, 0.3) is 0 Å². The molecule has 2 unspecified atom stereocenters. The van der Waals surface area contributed by atoms with Gasteiger partial charge in [-0.25, -0.2) is 0 Å². The Morgan fingerprint density at radius 1 is 1.25 bits per heavy atom. The molecule has 1 spiro atoms. The minimum absolute atomic E-state index is 0.0454. The zero-order valence-electron chi connectivity index (χ0n) is 20.9. The van der Waals surface area contributed by atoms with Crippen LogP contribution in [0.15, 0.2) is 55.6 Å². The largest absolute Gasteiger partial charge is 0.461 e. The van der Waals surface area contributed by atoms with E-state index in [1.807, 2.05) is 37.3 Å². The maximum Gasteiger partial charge on any atom is 0.313 e. The number of aliphatic hydroxyl groups excluding tert-OH is 1. The second-order valence-electron chi connectivity index (χ2n) is 9.85. The second kappa shape index (κ2) is 10.6. The van der Waals surface area contributed by atoms with Gasteiger partial charge < -0.3 is 24.4 Å². The lowest BCUT2D eigenvalue weighted by molar-refractivity contribution is -0.161. The molecule has 0 radical (unpaired) electrons. The quantitative estimate of drug-likeness (QED) is 0.353. The van der Waals surface area contributed by atoms with Crippen LogP contribution in [0.5, 0.6) is 0 Å².